The van der Waals surface area contributed by atoms with Crippen molar-refractivity contribution in [2.24, 2.45) is 5.73 Å². The van der Waals surface area contributed by atoms with Crippen LogP contribution in [-0.2, 0) is 0 Å². The Labute approximate surface area is 107 Å². The van der Waals surface area contributed by atoms with Gasteiger partial charge in [-0.2, -0.15) is 4.98 Å². The third kappa shape index (κ3) is 2.58. The molecule has 0 bridgehead atoms. The summed E-state index contributed by atoms with van der Waals surface area (Å²) in [7, 11) is 0. The number of nitrogens with two attached hydrogens (primary N) is 1. The van der Waals surface area contributed by atoms with Gasteiger partial charge in [-0.3, -0.25) is 0 Å². The molecule has 1 aromatic heterocycles. The number of hydrogen-bond acceptors (Lipinski definition) is 5. The van der Waals surface area contributed by atoms with Crippen LogP contribution in [0.3, 0.4) is 0 Å². The largest absolute Gasteiger partial charge is 0.394 e. The number of aliphatic hydroxyl groups is 1. The van der Waals surface area contributed by atoms with Crippen LogP contribution in [-0.4, -0.2) is 21.9 Å². The molecule has 0 radical (unpaired) electrons. The summed E-state index contributed by atoms with van der Waals surface area (Å²) in [6, 6.07) is 4.23. The molecule has 0 aliphatic heterocycles. The van der Waals surface area contributed by atoms with E-state index in [1.807, 2.05) is 0 Å². The molecule has 1 heterocycles. The first-order valence-corrected chi connectivity index (χ1v) is 5.53. The second kappa shape index (κ2) is 5.01. The minimum Gasteiger partial charge on any atom is -0.394 e. The quantitative estimate of drug-likeness (QED) is 0.894. The number of hydrogen-bond donors (Lipinski definition) is 2. The molecule has 0 aliphatic rings. The molecular formula is C10H9Cl2N3O2. The van der Waals surface area contributed by atoms with Crippen molar-refractivity contribution in [3.05, 3.63) is 34.1 Å². The number of aliphatic hydroxyl groups excluding tert-OH is 1. The molecule has 0 spiro atoms. The van der Waals surface area contributed by atoms with Crippen LogP contribution in [0.25, 0.3) is 11.5 Å². The first kappa shape index (κ1) is 12.3. The Kier molecular flexibility index (Phi) is 3.63. The molecule has 17 heavy (non-hydrogen) atoms. The zero-order valence-corrected chi connectivity index (χ0v) is 10.1. The Morgan fingerprint density at radius 1 is 1.41 bits per heavy atom. The highest BCUT2D eigenvalue weighted by Crippen LogP contribution is 2.29. The van der Waals surface area contributed by atoms with Crippen molar-refractivity contribution in [1.82, 2.24) is 10.1 Å². The molecule has 5 nitrogen and oxygen atoms in total. The lowest BCUT2D eigenvalue weighted by atomic mass is 10.2. The highest BCUT2D eigenvalue weighted by Gasteiger charge is 2.16. The minimum atomic E-state index is -0.676. The lowest BCUT2D eigenvalue weighted by Crippen LogP contribution is -2.15. The van der Waals surface area contributed by atoms with Crippen molar-refractivity contribution in [1.29, 1.82) is 0 Å². The van der Waals surface area contributed by atoms with Gasteiger partial charge in [0.05, 0.1) is 23.2 Å². The summed E-state index contributed by atoms with van der Waals surface area (Å²) < 4.78 is 5.01. The van der Waals surface area contributed by atoms with Gasteiger partial charge in [0.25, 0.3) is 5.89 Å². The van der Waals surface area contributed by atoms with Crippen LogP contribution in [0.4, 0.5) is 0 Å². The van der Waals surface area contributed by atoms with Crippen molar-refractivity contribution < 1.29 is 9.63 Å². The van der Waals surface area contributed by atoms with E-state index in [4.69, 9.17) is 38.6 Å². The smallest absolute Gasteiger partial charge is 0.259 e. The average Bonchev–Trinajstić information content (AvgIpc) is 2.80. The van der Waals surface area contributed by atoms with E-state index >= 15 is 0 Å². The summed E-state index contributed by atoms with van der Waals surface area (Å²) in [4.78, 5) is 4.05. The molecule has 3 N–H and O–H groups in total. The number of benzene rings is 1. The molecule has 1 aromatic carbocycles. The molecule has 2 aromatic rings. The van der Waals surface area contributed by atoms with E-state index in [0.717, 1.165) is 0 Å². The first-order chi connectivity index (χ1) is 8.11. The second-order valence-corrected chi connectivity index (χ2v) is 4.21. The van der Waals surface area contributed by atoms with Gasteiger partial charge in [0.1, 0.15) is 0 Å². The Hall–Kier alpha value is -1.14. The molecule has 0 saturated carbocycles. The Balaban J connectivity index is 2.40. The summed E-state index contributed by atoms with van der Waals surface area (Å²) in [5.41, 5.74) is 6.09. The van der Waals surface area contributed by atoms with Crippen LogP contribution in [0.1, 0.15) is 11.9 Å². The van der Waals surface area contributed by atoms with E-state index in [1.54, 1.807) is 18.2 Å². The maximum Gasteiger partial charge on any atom is 0.259 e. The predicted octanol–water partition coefficient (Wildman–Crippen LogP) is 2.04. The van der Waals surface area contributed by atoms with Crippen LogP contribution in [0, 0.1) is 0 Å². The first-order valence-electron chi connectivity index (χ1n) is 4.77. The molecule has 1 unspecified atom stereocenters. The zero-order chi connectivity index (χ0) is 12.4. The van der Waals surface area contributed by atoms with Gasteiger partial charge in [0.15, 0.2) is 5.82 Å². The van der Waals surface area contributed by atoms with Crippen LogP contribution in [0.5, 0.6) is 0 Å². The molecule has 0 amide bonds. The summed E-state index contributed by atoms with van der Waals surface area (Å²) >= 11 is 11.8. The van der Waals surface area contributed by atoms with Crippen molar-refractivity contribution in [2.45, 2.75) is 6.04 Å². The number of aromatic nitrogens is 2. The van der Waals surface area contributed by atoms with Crippen LogP contribution in [0.15, 0.2) is 22.7 Å². The third-order valence-electron chi connectivity index (χ3n) is 2.13. The van der Waals surface area contributed by atoms with E-state index < -0.39 is 6.04 Å². The molecule has 2 rings (SSSR count). The van der Waals surface area contributed by atoms with Crippen LogP contribution < -0.4 is 5.73 Å². The van der Waals surface area contributed by atoms with E-state index in [-0.39, 0.29) is 18.3 Å². The van der Waals surface area contributed by atoms with Gasteiger partial charge in [0.2, 0.25) is 0 Å². The van der Waals surface area contributed by atoms with Crippen LogP contribution in [0.2, 0.25) is 10.0 Å². The van der Waals surface area contributed by atoms with Crippen molar-refractivity contribution in [2.75, 3.05) is 6.61 Å². The molecule has 90 valence electrons. The predicted molar refractivity (Wildman–Crippen MR) is 63.8 cm³/mol. The number of rotatable bonds is 3. The monoisotopic (exact) mass is 273 g/mol. The molecule has 1 atom stereocenters. The lowest BCUT2D eigenvalue weighted by Gasteiger charge is -2.00. The normalized spacial score (nSPS) is 12.7. The maximum absolute atomic E-state index is 8.87. The van der Waals surface area contributed by atoms with Crippen LogP contribution >= 0.6 is 23.2 Å². The standard InChI is InChI=1S/C10H9Cl2N3O2/c11-5-1-2-7(12)6(3-5)10-14-9(15-17-10)8(13)4-16/h1-3,8,16H,4,13H2. The Bertz CT molecular complexity index is 530. The highest BCUT2D eigenvalue weighted by molar-refractivity contribution is 6.35. The fourth-order valence-corrected chi connectivity index (χ4v) is 1.61. The Morgan fingerprint density at radius 2 is 2.18 bits per heavy atom. The van der Waals surface area contributed by atoms with Gasteiger partial charge in [-0.15, -0.1) is 0 Å². The second-order valence-electron chi connectivity index (χ2n) is 3.37. The van der Waals surface area contributed by atoms with Gasteiger partial charge in [-0.05, 0) is 18.2 Å². The van der Waals surface area contributed by atoms with E-state index in [1.165, 1.54) is 0 Å². The van der Waals surface area contributed by atoms with E-state index in [9.17, 15) is 0 Å². The van der Waals surface area contributed by atoms with E-state index in [0.29, 0.717) is 15.6 Å². The summed E-state index contributed by atoms with van der Waals surface area (Å²) in [6.45, 7) is -0.262. The average molecular weight is 274 g/mol. The molecule has 7 heteroatoms. The van der Waals surface area contributed by atoms with Gasteiger partial charge < -0.3 is 15.4 Å². The van der Waals surface area contributed by atoms with Crippen molar-refractivity contribution >= 4 is 23.2 Å². The van der Waals surface area contributed by atoms with Crippen molar-refractivity contribution in [3.63, 3.8) is 0 Å². The fourth-order valence-electron chi connectivity index (χ4n) is 1.24. The summed E-state index contributed by atoms with van der Waals surface area (Å²) in [6.07, 6.45) is 0. The fraction of sp³-hybridized carbons (Fsp3) is 0.200. The lowest BCUT2D eigenvalue weighted by molar-refractivity contribution is 0.260. The SMILES string of the molecule is NC(CO)c1noc(-c2cc(Cl)ccc2Cl)n1. The zero-order valence-electron chi connectivity index (χ0n) is 8.60. The number of nitrogens with zero attached hydrogens (tertiary/aromatic N) is 2. The molecular weight excluding hydrogens is 265 g/mol. The maximum atomic E-state index is 8.87. The van der Waals surface area contributed by atoms with Gasteiger partial charge in [-0.1, -0.05) is 28.4 Å². The van der Waals surface area contributed by atoms with Gasteiger partial charge in [0, 0.05) is 5.02 Å². The minimum absolute atomic E-state index is 0.219. The van der Waals surface area contributed by atoms with Gasteiger partial charge in [-0.25, -0.2) is 0 Å². The molecule has 0 fully saturated rings. The highest BCUT2D eigenvalue weighted by atomic mass is 35.5. The number of halogens is 2. The Morgan fingerprint density at radius 3 is 2.88 bits per heavy atom. The van der Waals surface area contributed by atoms with Crippen molar-refractivity contribution in [3.8, 4) is 11.5 Å². The summed E-state index contributed by atoms with van der Waals surface area (Å²) in [5, 5.41) is 13.5. The topological polar surface area (TPSA) is 85.2 Å². The summed E-state index contributed by atoms with van der Waals surface area (Å²) in [5.74, 6) is 0.440. The van der Waals surface area contributed by atoms with Gasteiger partial charge >= 0.3 is 0 Å². The molecule has 0 aliphatic carbocycles. The molecule has 0 saturated heterocycles. The van der Waals surface area contributed by atoms with E-state index in [2.05, 4.69) is 10.1 Å². The third-order valence-corrected chi connectivity index (χ3v) is 2.69.